The number of amides is 1. The Hall–Kier alpha value is -2.90. The third-order valence-corrected chi connectivity index (χ3v) is 7.72. The standard InChI is InChI=1S/C24H26FN5O2S2/c1-14(2)30-22(15(3)32-17-10-8-16(25)9-11-17)28-29-24(30)33-13-21(31)27-23-19(12-26)18-6-4-5-7-20(18)34-23/h8-11,14-15H,4-7,13H2,1-3H3,(H,27,31). The maximum absolute atomic E-state index is 13.2. The number of hydrogen-bond acceptors (Lipinski definition) is 7. The van der Waals surface area contributed by atoms with Gasteiger partial charge in [-0.3, -0.25) is 4.79 Å². The zero-order valence-electron chi connectivity index (χ0n) is 19.3. The van der Waals surface area contributed by atoms with E-state index in [2.05, 4.69) is 21.6 Å². The lowest BCUT2D eigenvalue weighted by Gasteiger charge is -2.18. The van der Waals surface area contributed by atoms with Crippen molar-refractivity contribution in [1.82, 2.24) is 14.8 Å². The van der Waals surface area contributed by atoms with E-state index in [0.717, 1.165) is 31.2 Å². The number of anilines is 1. The molecule has 7 nitrogen and oxygen atoms in total. The SMILES string of the molecule is CC(Oc1ccc(F)cc1)c1nnc(SCC(=O)Nc2sc3c(c2C#N)CCCC3)n1C(C)C. The Kier molecular flexibility index (Phi) is 7.54. The Balaban J connectivity index is 1.43. The number of rotatable bonds is 8. The zero-order chi connectivity index (χ0) is 24.2. The number of carbonyl (C=O) groups excluding carboxylic acids is 1. The molecule has 2 aromatic heterocycles. The molecule has 34 heavy (non-hydrogen) atoms. The summed E-state index contributed by atoms with van der Waals surface area (Å²) in [4.78, 5) is 13.9. The third kappa shape index (κ3) is 5.26. The number of thioether (sulfide) groups is 1. The Bertz CT molecular complexity index is 1210. The summed E-state index contributed by atoms with van der Waals surface area (Å²) in [5, 5.41) is 22.4. The number of thiophene rings is 1. The number of nitrogens with zero attached hydrogens (tertiary/aromatic N) is 4. The van der Waals surface area contributed by atoms with Crippen molar-refractivity contribution in [3.63, 3.8) is 0 Å². The molecule has 10 heteroatoms. The molecule has 0 spiro atoms. The van der Waals surface area contributed by atoms with Gasteiger partial charge in [0.25, 0.3) is 0 Å². The smallest absolute Gasteiger partial charge is 0.235 e. The summed E-state index contributed by atoms with van der Waals surface area (Å²) >= 11 is 2.81. The second-order valence-electron chi connectivity index (χ2n) is 8.38. The fourth-order valence-electron chi connectivity index (χ4n) is 3.98. The van der Waals surface area contributed by atoms with Crippen LogP contribution in [-0.4, -0.2) is 26.4 Å². The highest BCUT2D eigenvalue weighted by molar-refractivity contribution is 7.99. The number of nitrogens with one attached hydrogen (secondary N) is 1. The second kappa shape index (κ2) is 10.6. The molecule has 0 saturated heterocycles. The van der Waals surface area contributed by atoms with Gasteiger partial charge in [0.1, 0.15) is 22.6 Å². The van der Waals surface area contributed by atoms with Gasteiger partial charge >= 0.3 is 0 Å². The summed E-state index contributed by atoms with van der Waals surface area (Å²) in [7, 11) is 0. The van der Waals surface area contributed by atoms with Crippen LogP contribution in [0.1, 0.15) is 67.6 Å². The molecule has 178 valence electrons. The molecule has 0 saturated carbocycles. The van der Waals surface area contributed by atoms with Crippen molar-refractivity contribution >= 4 is 34.0 Å². The van der Waals surface area contributed by atoms with Gasteiger partial charge in [0.2, 0.25) is 5.91 Å². The van der Waals surface area contributed by atoms with Crippen LogP contribution in [-0.2, 0) is 17.6 Å². The van der Waals surface area contributed by atoms with E-state index in [0.29, 0.717) is 27.3 Å². The molecule has 2 heterocycles. The van der Waals surface area contributed by atoms with Crippen molar-refractivity contribution in [3.05, 3.63) is 51.9 Å². The molecule has 0 radical (unpaired) electrons. The highest BCUT2D eigenvalue weighted by atomic mass is 32.2. The van der Waals surface area contributed by atoms with E-state index in [9.17, 15) is 14.4 Å². The lowest BCUT2D eigenvalue weighted by molar-refractivity contribution is -0.113. The van der Waals surface area contributed by atoms with Crippen molar-refractivity contribution in [1.29, 1.82) is 5.26 Å². The van der Waals surface area contributed by atoms with Crippen molar-refractivity contribution in [2.75, 3.05) is 11.1 Å². The fourth-order valence-corrected chi connectivity index (χ4v) is 6.11. The van der Waals surface area contributed by atoms with Crippen LogP contribution in [0.3, 0.4) is 0 Å². The van der Waals surface area contributed by atoms with Crippen LogP contribution in [0, 0.1) is 17.1 Å². The van der Waals surface area contributed by atoms with Crippen LogP contribution in [0.2, 0.25) is 0 Å². The number of ether oxygens (including phenoxy) is 1. The minimum Gasteiger partial charge on any atom is -0.483 e. The number of benzene rings is 1. The molecule has 1 atom stereocenters. The summed E-state index contributed by atoms with van der Waals surface area (Å²) in [5.74, 6) is 0.793. The first kappa shape index (κ1) is 24.2. The minimum atomic E-state index is -0.417. The first-order valence-electron chi connectivity index (χ1n) is 11.2. The Morgan fingerprint density at radius 3 is 2.71 bits per heavy atom. The fraction of sp³-hybridized carbons (Fsp3) is 0.417. The maximum atomic E-state index is 13.2. The van der Waals surface area contributed by atoms with Crippen molar-refractivity contribution in [2.45, 2.75) is 63.8 Å². The third-order valence-electron chi connectivity index (χ3n) is 5.57. The Morgan fingerprint density at radius 2 is 2.00 bits per heavy atom. The summed E-state index contributed by atoms with van der Waals surface area (Å²) in [6, 6.07) is 8.15. The van der Waals surface area contributed by atoms with Gasteiger partial charge in [-0.1, -0.05) is 11.8 Å². The van der Waals surface area contributed by atoms with Gasteiger partial charge in [-0.25, -0.2) is 4.39 Å². The first-order valence-corrected chi connectivity index (χ1v) is 13.0. The predicted molar refractivity (Wildman–Crippen MR) is 131 cm³/mol. The maximum Gasteiger partial charge on any atom is 0.235 e. The van der Waals surface area contributed by atoms with E-state index >= 15 is 0 Å². The molecule has 1 aliphatic carbocycles. The highest BCUT2D eigenvalue weighted by Crippen LogP contribution is 2.37. The van der Waals surface area contributed by atoms with Gasteiger partial charge in [-0.15, -0.1) is 21.5 Å². The van der Waals surface area contributed by atoms with Crippen LogP contribution in [0.25, 0.3) is 0 Å². The monoisotopic (exact) mass is 499 g/mol. The minimum absolute atomic E-state index is 0.0454. The van der Waals surface area contributed by atoms with Gasteiger partial charge < -0.3 is 14.6 Å². The molecule has 1 aromatic carbocycles. The average Bonchev–Trinajstić information content (AvgIpc) is 3.40. The Labute approximate surface area is 206 Å². The molecule has 0 aliphatic heterocycles. The van der Waals surface area contributed by atoms with Gasteiger partial charge in [0, 0.05) is 10.9 Å². The summed E-state index contributed by atoms with van der Waals surface area (Å²) < 4.78 is 21.0. The van der Waals surface area contributed by atoms with Gasteiger partial charge in [-0.2, -0.15) is 5.26 Å². The molecule has 1 amide bonds. The number of hydrogen-bond donors (Lipinski definition) is 1. The average molecular weight is 500 g/mol. The van der Waals surface area contributed by atoms with Gasteiger partial charge in [0.15, 0.2) is 17.1 Å². The van der Waals surface area contributed by atoms with E-state index in [4.69, 9.17) is 4.74 Å². The van der Waals surface area contributed by atoms with Gasteiger partial charge in [0.05, 0.1) is 11.3 Å². The molecule has 1 aliphatic rings. The van der Waals surface area contributed by atoms with Crippen LogP contribution in [0.4, 0.5) is 9.39 Å². The Morgan fingerprint density at radius 1 is 1.26 bits per heavy atom. The van der Waals surface area contributed by atoms with Crippen LogP contribution >= 0.6 is 23.1 Å². The number of nitriles is 1. The summed E-state index contributed by atoms with van der Waals surface area (Å²) in [5.41, 5.74) is 1.71. The topological polar surface area (TPSA) is 92.8 Å². The van der Waals surface area contributed by atoms with Crippen molar-refractivity contribution in [3.8, 4) is 11.8 Å². The predicted octanol–water partition coefficient (Wildman–Crippen LogP) is 5.68. The molecule has 4 rings (SSSR count). The van der Waals surface area contributed by atoms with E-state index in [1.54, 1.807) is 12.1 Å². The molecule has 1 unspecified atom stereocenters. The molecule has 0 bridgehead atoms. The first-order chi connectivity index (χ1) is 16.4. The lowest BCUT2D eigenvalue weighted by atomic mass is 9.96. The van der Waals surface area contributed by atoms with E-state index < -0.39 is 6.10 Å². The van der Waals surface area contributed by atoms with E-state index in [1.807, 2.05) is 25.3 Å². The van der Waals surface area contributed by atoms with Crippen molar-refractivity contribution in [2.24, 2.45) is 0 Å². The van der Waals surface area contributed by atoms with Crippen LogP contribution < -0.4 is 10.1 Å². The summed E-state index contributed by atoms with van der Waals surface area (Å²) in [6.45, 7) is 5.88. The zero-order valence-corrected chi connectivity index (χ0v) is 20.9. The molecule has 0 fully saturated rings. The number of aromatic nitrogens is 3. The van der Waals surface area contributed by atoms with Crippen LogP contribution in [0.5, 0.6) is 5.75 Å². The van der Waals surface area contributed by atoms with Crippen LogP contribution in [0.15, 0.2) is 29.4 Å². The van der Waals surface area contributed by atoms with Gasteiger partial charge in [-0.05, 0) is 76.3 Å². The molecule has 3 aromatic rings. The highest BCUT2D eigenvalue weighted by Gasteiger charge is 2.24. The number of carbonyl (C=O) groups is 1. The number of fused-ring (bicyclic) bond motifs is 1. The summed E-state index contributed by atoms with van der Waals surface area (Å²) in [6.07, 6.45) is 3.66. The van der Waals surface area contributed by atoms with Crippen molar-refractivity contribution < 1.29 is 13.9 Å². The quantitative estimate of drug-likeness (QED) is 0.401. The van der Waals surface area contributed by atoms with E-state index in [1.165, 1.54) is 40.1 Å². The number of halogens is 1. The van der Waals surface area contributed by atoms with E-state index in [-0.39, 0.29) is 23.5 Å². The number of aryl methyl sites for hydroxylation is 1. The second-order valence-corrected chi connectivity index (χ2v) is 10.4. The lowest BCUT2D eigenvalue weighted by Crippen LogP contribution is -2.16. The molecular weight excluding hydrogens is 473 g/mol. The molecule has 1 N–H and O–H groups in total. The molecular formula is C24H26FN5O2S2. The largest absolute Gasteiger partial charge is 0.483 e. The normalized spacial score (nSPS) is 13.9.